The number of carbonyl (C=O) groups is 3. The summed E-state index contributed by atoms with van der Waals surface area (Å²) >= 11 is 0. The number of imide groups is 1. The van der Waals surface area contributed by atoms with E-state index in [9.17, 15) is 14.4 Å². The first-order valence-electron chi connectivity index (χ1n) is 10.3. The van der Waals surface area contributed by atoms with Gasteiger partial charge in [-0.1, -0.05) is 36.4 Å². The molecule has 3 N–H and O–H groups in total. The Morgan fingerprint density at radius 1 is 1.06 bits per heavy atom. The number of carbonyl (C=O) groups excluding carboxylic acids is 2. The number of alkyl carbamates (subject to hydrolysis) is 1. The van der Waals surface area contributed by atoms with Crippen molar-refractivity contribution < 1.29 is 38.8 Å². The quantitative estimate of drug-likeness (QED) is 0.414. The Balaban J connectivity index is 2.16. The Kier molecular flexibility index (Phi) is 10.6. The SMILES string of the molecule is CO[C@@H](CC/C=C/C(=O)O)[C@@H](OC(=O)NC(=O)c1ccccc1)c1ccc(OCCO)cc1. The Morgan fingerprint density at radius 3 is 2.36 bits per heavy atom. The van der Waals surface area contributed by atoms with Gasteiger partial charge in [0.25, 0.3) is 5.91 Å². The van der Waals surface area contributed by atoms with Crippen LogP contribution in [0.15, 0.2) is 66.7 Å². The first-order valence-corrected chi connectivity index (χ1v) is 10.3. The zero-order valence-electron chi connectivity index (χ0n) is 18.2. The summed E-state index contributed by atoms with van der Waals surface area (Å²) in [5.41, 5.74) is 0.890. The molecule has 176 valence electrons. The number of benzene rings is 2. The molecule has 0 fully saturated rings. The Morgan fingerprint density at radius 2 is 1.76 bits per heavy atom. The van der Waals surface area contributed by atoms with Gasteiger partial charge in [0.05, 0.1) is 12.7 Å². The minimum atomic E-state index is -1.06. The zero-order valence-corrected chi connectivity index (χ0v) is 18.2. The molecule has 0 bridgehead atoms. The van der Waals surface area contributed by atoms with Gasteiger partial charge in [0.1, 0.15) is 12.4 Å². The molecule has 0 radical (unpaired) electrons. The minimum Gasteiger partial charge on any atom is -0.491 e. The maximum atomic E-state index is 12.5. The Bertz CT molecular complexity index is 927. The van der Waals surface area contributed by atoms with Gasteiger partial charge in [-0.3, -0.25) is 10.1 Å². The number of nitrogens with one attached hydrogen (secondary N) is 1. The highest BCUT2D eigenvalue weighted by Gasteiger charge is 2.27. The second-order valence-electron chi connectivity index (χ2n) is 6.88. The number of ether oxygens (including phenoxy) is 3. The number of aliphatic hydroxyl groups is 1. The lowest BCUT2D eigenvalue weighted by Gasteiger charge is -2.26. The average Bonchev–Trinajstić information content (AvgIpc) is 2.82. The van der Waals surface area contributed by atoms with Gasteiger partial charge in [-0.15, -0.1) is 0 Å². The molecule has 0 heterocycles. The summed E-state index contributed by atoms with van der Waals surface area (Å²) in [5, 5.41) is 19.8. The second kappa shape index (κ2) is 13.7. The van der Waals surface area contributed by atoms with Crippen molar-refractivity contribution >= 4 is 18.0 Å². The maximum Gasteiger partial charge on any atom is 0.414 e. The molecule has 0 aromatic heterocycles. The third-order valence-corrected chi connectivity index (χ3v) is 4.57. The van der Waals surface area contributed by atoms with Crippen molar-refractivity contribution in [3.8, 4) is 5.75 Å². The predicted octanol–water partition coefficient (Wildman–Crippen LogP) is 3.10. The molecule has 9 nitrogen and oxygen atoms in total. The number of methoxy groups -OCH3 is 1. The summed E-state index contributed by atoms with van der Waals surface area (Å²) < 4.78 is 16.4. The Labute approximate surface area is 191 Å². The zero-order chi connectivity index (χ0) is 24.1. The molecule has 2 atom stereocenters. The minimum absolute atomic E-state index is 0.126. The fourth-order valence-corrected chi connectivity index (χ4v) is 3.01. The van der Waals surface area contributed by atoms with E-state index in [2.05, 4.69) is 5.32 Å². The fraction of sp³-hybridized carbons (Fsp3) is 0.292. The highest BCUT2D eigenvalue weighted by atomic mass is 16.6. The molecule has 2 aromatic carbocycles. The van der Waals surface area contributed by atoms with Crippen molar-refractivity contribution in [2.45, 2.75) is 25.0 Å². The van der Waals surface area contributed by atoms with E-state index in [0.717, 1.165) is 6.08 Å². The average molecular weight is 457 g/mol. The van der Waals surface area contributed by atoms with Crippen molar-refractivity contribution in [3.05, 3.63) is 77.9 Å². The number of hydrogen-bond donors (Lipinski definition) is 3. The van der Waals surface area contributed by atoms with Crippen molar-refractivity contribution in [2.24, 2.45) is 0 Å². The van der Waals surface area contributed by atoms with E-state index in [1.165, 1.54) is 13.2 Å². The van der Waals surface area contributed by atoms with Gasteiger partial charge in [-0.2, -0.15) is 0 Å². The number of amides is 2. The largest absolute Gasteiger partial charge is 0.491 e. The third-order valence-electron chi connectivity index (χ3n) is 4.57. The van der Waals surface area contributed by atoms with Crippen LogP contribution in [0.3, 0.4) is 0 Å². The fourth-order valence-electron chi connectivity index (χ4n) is 3.01. The normalized spacial score (nSPS) is 12.7. The van der Waals surface area contributed by atoms with Gasteiger partial charge in [0.2, 0.25) is 0 Å². The summed E-state index contributed by atoms with van der Waals surface area (Å²) in [4.78, 5) is 35.5. The molecular formula is C24H27NO8. The molecule has 0 saturated heterocycles. The monoisotopic (exact) mass is 457 g/mol. The number of allylic oxidation sites excluding steroid dienone is 1. The van der Waals surface area contributed by atoms with E-state index in [4.69, 9.17) is 24.4 Å². The topological polar surface area (TPSA) is 131 Å². The van der Waals surface area contributed by atoms with Gasteiger partial charge in [0.15, 0.2) is 6.10 Å². The number of carboxylic acid groups (broad SMARTS) is 1. The van der Waals surface area contributed by atoms with Crippen molar-refractivity contribution in [3.63, 3.8) is 0 Å². The lowest BCUT2D eigenvalue weighted by atomic mass is 10.00. The van der Waals surface area contributed by atoms with Gasteiger partial charge < -0.3 is 24.4 Å². The first-order chi connectivity index (χ1) is 15.9. The summed E-state index contributed by atoms with van der Waals surface area (Å²) in [7, 11) is 1.45. The number of aliphatic hydroxyl groups excluding tert-OH is 1. The molecule has 33 heavy (non-hydrogen) atoms. The van der Waals surface area contributed by atoms with Crippen LogP contribution in [-0.4, -0.2) is 54.6 Å². The molecule has 0 aliphatic heterocycles. The lowest BCUT2D eigenvalue weighted by molar-refractivity contribution is -0.131. The molecular weight excluding hydrogens is 430 g/mol. The Hall–Kier alpha value is -3.69. The number of hydrogen-bond acceptors (Lipinski definition) is 7. The molecule has 0 saturated carbocycles. The van der Waals surface area contributed by atoms with E-state index >= 15 is 0 Å². The van der Waals surface area contributed by atoms with Gasteiger partial charge in [0, 0.05) is 18.7 Å². The standard InChI is InChI=1S/C24H27NO8/c1-31-20(9-5-6-10-21(27)28)22(17-11-13-19(14-12-17)32-16-15-26)33-24(30)25-23(29)18-7-3-2-4-8-18/h2-4,6-8,10-14,20,22,26H,5,9,15-16H2,1H3,(H,27,28)(H,25,29,30)/b10-6+/t20-,22-/m0/s1. The van der Waals surface area contributed by atoms with Crippen molar-refractivity contribution in [2.75, 3.05) is 20.3 Å². The highest BCUT2D eigenvalue weighted by Crippen LogP contribution is 2.28. The number of aliphatic carboxylic acids is 1. The molecule has 2 amide bonds. The number of carboxylic acids is 1. The molecule has 0 spiro atoms. The van der Waals surface area contributed by atoms with E-state index in [-0.39, 0.29) is 13.2 Å². The van der Waals surface area contributed by atoms with Gasteiger partial charge in [-0.25, -0.2) is 9.59 Å². The lowest BCUT2D eigenvalue weighted by Crippen LogP contribution is -2.35. The van der Waals surface area contributed by atoms with Crippen LogP contribution >= 0.6 is 0 Å². The molecule has 2 rings (SSSR count). The van der Waals surface area contributed by atoms with Crippen LogP contribution in [0.4, 0.5) is 4.79 Å². The number of rotatable bonds is 12. The summed E-state index contributed by atoms with van der Waals surface area (Å²) in [6.07, 6.45) is 0.782. The van der Waals surface area contributed by atoms with Gasteiger partial charge in [-0.05, 0) is 42.7 Å². The predicted molar refractivity (Wildman–Crippen MR) is 119 cm³/mol. The van der Waals surface area contributed by atoms with E-state index in [1.807, 2.05) is 0 Å². The van der Waals surface area contributed by atoms with Crippen LogP contribution in [0.2, 0.25) is 0 Å². The van der Waals surface area contributed by atoms with Crippen LogP contribution in [0.1, 0.15) is 34.9 Å². The van der Waals surface area contributed by atoms with Crippen LogP contribution in [0.5, 0.6) is 5.75 Å². The maximum absolute atomic E-state index is 12.5. The van der Waals surface area contributed by atoms with E-state index in [1.54, 1.807) is 54.6 Å². The molecule has 0 aliphatic rings. The van der Waals surface area contributed by atoms with Crippen molar-refractivity contribution in [1.82, 2.24) is 5.32 Å². The second-order valence-corrected chi connectivity index (χ2v) is 6.88. The first kappa shape index (κ1) is 25.6. The van der Waals surface area contributed by atoms with Crippen LogP contribution in [0.25, 0.3) is 0 Å². The molecule has 9 heteroatoms. The van der Waals surface area contributed by atoms with Crippen molar-refractivity contribution in [1.29, 1.82) is 0 Å². The third kappa shape index (κ3) is 8.76. The van der Waals surface area contributed by atoms with Crippen LogP contribution in [-0.2, 0) is 14.3 Å². The summed E-state index contributed by atoms with van der Waals surface area (Å²) in [6, 6.07) is 14.9. The summed E-state index contributed by atoms with van der Waals surface area (Å²) in [6.45, 7) is 0.0125. The molecule has 2 aromatic rings. The van der Waals surface area contributed by atoms with Crippen LogP contribution < -0.4 is 10.1 Å². The smallest absolute Gasteiger partial charge is 0.414 e. The molecule has 0 unspecified atom stereocenters. The van der Waals surface area contributed by atoms with Crippen LogP contribution in [0, 0.1) is 0 Å². The van der Waals surface area contributed by atoms with E-state index in [0.29, 0.717) is 29.7 Å². The molecule has 0 aliphatic carbocycles. The highest BCUT2D eigenvalue weighted by molar-refractivity contribution is 6.02. The summed E-state index contributed by atoms with van der Waals surface area (Å²) in [5.74, 6) is -1.15. The van der Waals surface area contributed by atoms with Gasteiger partial charge >= 0.3 is 12.1 Å². The van der Waals surface area contributed by atoms with E-state index < -0.39 is 30.2 Å².